The molecule has 0 bridgehead atoms. The number of hydrogen-bond acceptors (Lipinski definition) is 4. The van der Waals surface area contributed by atoms with E-state index < -0.39 is 0 Å². The van der Waals surface area contributed by atoms with Crippen LogP contribution in [0.15, 0.2) is 0 Å². The summed E-state index contributed by atoms with van der Waals surface area (Å²) < 4.78 is 4.81. The zero-order valence-corrected chi connectivity index (χ0v) is 11.2. The maximum atomic E-state index is 11.5. The number of ether oxygens (including phenoxy) is 1. The summed E-state index contributed by atoms with van der Waals surface area (Å²) in [5, 5.41) is 3.19. The molecule has 0 saturated carbocycles. The highest BCUT2D eigenvalue weighted by Crippen LogP contribution is 2.10. The first kappa shape index (κ1) is 14.5. The predicted molar refractivity (Wildman–Crippen MR) is 69.0 cm³/mol. The van der Waals surface area contributed by atoms with Crippen LogP contribution in [0.25, 0.3) is 0 Å². The molecule has 0 aromatic carbocycles. The van der Waals surface area contributed by atoms with Gasteiger partial charge in [-0.1, -0.05) is 19.8 Å². The molecule has 0 aliphatic carbocycles. The Kier molecular flexibility index (Phi) is 7.21. The number of hydrogen-bond donors (Lipinski definition) is 1. The molecule has 1 aliphatic rings. The van der Waals surface area contributed by atoms with Crippen LogP contribution in [0.2, 0.25) is 0 Å². The van der Waals surface area contributed by atoms with Crippen molar-refractivity contribution in [3.05, 3.63) is 0 Å². The van der Waals surface area contributed by atoms with Crippen molar-refractivity contribution in [2.24, 2.45) is 0 Å². The second-order valence-corrected chi connectivity index (χ2v) is 4.68. The van der Waals surface area contributed by atoms with E-state index in [9.17, 15) is 4.79 Å². The lowest BCUT2D eigenvalue weighted by molar-refractivity contribution is -0.143. The summed E-state index contributed by atoms with van der Waals surface area (Å²) in [5.41, 5.74) is 0. The molecule has 17 heavy (non-hydrogen) atoms. The molecule has 100 valence electrons. The average molecular weight is 242 g/mol. The van der Waals surface area contributed by atoms with Gasteiger partial charge in [0.25, 0.3) is 0 Å². The highest BCUT2D eigenvalue weighted by molar-refractivity contribution is 5.75. The molecule has 0 aromatic heterocycles. The van der Waals surface area contributed by atoms with E-state index in [0.717, 1.165) is 19.5 Å². The Bertz CT molecular complexity index is 213. The van der Waals surface area contributed by atoms with Gasteiger partial charge in [0.05, 0.1) is 7.11 Å². The van der Waals surface area contributed by atoms with Gasteiger partial charge in [0, 0.05) is 6.54 Å². The first-order chi connectivity index (χ1) is 8.27. The van der Waals surface area contributed by atoms with Crippen LogP contribution in [0.3, 0.4) is 0 Å². The summed E-state index contributed by atoms with van der Waals surface area (Å²) in [6.45, 7) is 6.18. The fourth-order valence-corrected chi connectivity index (χ4v) is 2.36. The minimum atomic E-state index is -0.145. The first-order valence-corrected chi connectivity index (χ1v) is 6.81. The summed E-state index contributed by atoms with van der Waals surface area (Å²) >= 11 is 0. The predicted octanol–water partition coefficient (Wildman–Crippen LogP) is 1.40. The summed E-state index contributed by atoms with van der Waals surface area (Å²) in [6.07, 6.45) is 6.14. The summed E-state index contributed by atoms with van der Waals surface area (Å²) in [4.78, 5) is 14.0. The average Bonchev–Trinajstić information content (AvgIpc) is 2.62. The molecular weight excluding hydrogens is 216 g/mol. The van der Waals surface area contributed by atoms with Gasteiger partial charge >= 0.3 is 5.97 Å². The maximum absolute atomic E-state index is 11.5. The molecule has 0 amide bonds. The monoisotopic (exact) mass is 242 g/mol. The van der Waals surface area contributed by atoms with Crippen molar-refractivity contribution >= 4 is 5.97 Å². The lowest BCUT2D eigenvalue weighted by atomic mass is 10.2. The molecule has 4 nitrogen and oxygen atoms in total. The Morgan fingerprint density at radius 1 is 1.29 bits per heavy atom. The molecule has 1 rings (SSSR count). The van der Waals surface area contributed by atoms with E-state index >= 15 is 0 Å². The van der Waals surface area contributed by atoms with Crippen molar-refractivity contribution in [1.29, 1.82) is 0 Å². The topological polar surface area (TPSA) is 41.6 Å². The minimum Gasteiger partial charge on any atom is -0.468 e. The summed E-state index contributed by atoms with van der Waals surface area (Å²) in [7, 11) is 1.46. The van der Waals surface area contributed by atoms with Crippen molar-refractivity contribution < 1.29 is 9.53 Å². The Labute approximate surface area is 105 Å². The Hall–Kier alpha value is -0.610. The molecule has 1 unspecified atom stereocenters. The van der Waals surface area contributed by atoms with Crippen molar-refractivity contribution in [3.63, 3.8) is 0 Å². The fourth-order valence-electron chi connectivity index (χ4n) is 2.36. The molecule has 1 heterocycles. The highest BCUT2D eigenvalue weighted by Gasteiger charge is 2.19. The normalized spacial score (nSPS) is 19.6. The molecule has 1 fully saturated rings. The molecular formula is C13H26N2O2. The van der Waals surface area contributed by atoms with Crippen LogP contribution in [0.1, 0.15) is 39.0 Å². The first-order valence-electron chi connectivity index (χ1n) is 6.81. The molecule has 0 radical (unpaired) electrons. The van der Waals surface area contributed by atoms with E-state index in [0.29, 0.717) is 0 Å². The van der Waals surface area contributed by atoms with Crippen molar-refractivity contribution in [2.75, 3.05) is 33.3 Å². The summed E-state index contributed by atoms with van der Waals surface area (Å²) in [6, 6.07) is -0.145. The van der Waals surface area contributed by atoms with Crippen LogP contribution in [0.4, 0.5) is 0 Å². The van der Waals surface area contributed by atoms with E-state index in [1.807, 2.05) is 6.92 Å². The zero-order chi connectivity index (χ0) is 12.5. The zero-order valence-electron chi connectivity index (χ0n) is 11.2. The number of likely N-dealkylation sites (tertiary alicyclic amines) is 1. The van der Waals surface area contributed by atoms with Gasteiger partial charge in [-0.05, 0) is 38.9 Å². The quantitative estimate of drug-likeness (QED) is 0.715. The number of nitrogens with zero attached hydrogens (tertiary/aromatic N) is 1. The third-order valence-electron chi connectivity index (χ3n) is 3.37. The molecule has 1 N–H and O–H groups in total. The molecule has 1 aliphatic heterocycles. The lowest BCUT2D eigenvalue weighted by Gasteiger charge is -2.22. The van der Waals surface area contributed by atoms with Crippen LogP contribution < -0.4 is 5.32 Å². The minimum absolute atomic E-state index is 0.137. The molecule has 0 aromatic rings. The van der Waals surface area contributed by atoms with E-state index in [1.165, 1.54) is 45.9 Å². The fraction of sp³-hybridized carbons (Fsp3) is 0.923. The van der Waals surface area contributed by atoms with Crippen LogP contribution in [0.5, 0.6) is 0 Å². The van der Waals surface area contributed by atoms with Crippen LogP contribution in [-0.4, -0.2) is 50.2 Å². The number of likely N-dealkylation sites (N-methyl/N-ethyl adjacent to an activating group) is 1. The molecule has 1 saturated heterocycles. The number of carbonyl (C=O) groups is 1. The Balaban J connectivity index is 2.31. The molecule has 0 spiro atoms. The van der Waals surface area contributed by atoms with Crippen LogP contribution >= 0.6 is 0 Å². The van der Waals surface area contributed by atoms with E-state index in [-0.39, 0.29) is 12.0 Å². The largest absolute Gasteiger partial charge is 0.468 e. The van der Waals surface area contributed by atoms with Gasteiger partial charge in [0.1, 0.15) is 6.04 Å². The second kappa shape index (κ2) is 8.48. The van der Waals surface area contributed by atoms with Gasteiger partial charge in [-0.25, -0.2) is 0 Å². The van der Waals surface area contributed by atoms with E-state index in [2.05, 4.69) is 10.2 Å². The Morgan fingerprint density at radius 3 is 2.47 bits per heavy atom. The van der Waals surface area contributed by atoms with Gasteiger partial charge < -0.3 is 15.0 Å². The smallest absolute Gasteiger partial charge is 0.322 e. The van der Waals surface area contributed by atoms with Crippen LogP contribution in [-0.2, 0) is 9.53 Å². The Morgan fingerprint density at radius 2 is 1.94 bits per heavy atom. The number of methoxy groups -OCH3 is 1. The standard InChI is InChI=1S/C13H26N2O2/c1-3-14-12(13(16)17-2)8-11-15-9-6-4-5-7-10-15/h12,14H,3-11H2,1-2H3. The highest BCUT2D eigenvalue weighted by atomic mass is 16.5. The number of carbonyl (C=O) groups excluding carboxylic acids is 1. The molecule has 4 heteroatoms. The van der Waals surface area contributed by atoms with Gasteiger partial charge in [0.15, 0.2) is 0 Å². The number of rotatable bonds is 6. The third-order valence-corrected chi connectivity index (χ3v) is 3.37. The van der Waals surface area contributed by atoms with Gasteiger partial charge in [-0.3, -0.25) is 4.79 Å². The van der Waals surface area contributed by atoms with Gasteiger partial charge in [0.2, 0.25) is 0 Å². The van der Waals surface area contributed by atoms with E-state index in [4.69, 9.17) is 4.74 Å². The van der Waals surface area contributed by atoms with Gasteiger partial charge in [-0.15, -0.1) is 0 Å². The van der Waals surface area contributed by atoms with Crippen molar-refractivity contribution in [2.45, 2.75) is 45.1 Å². The second-order valence-electron chi connectivity index (χ2n) is 4.68. The lowest BCUT2D eigenvalue weighted by Crippen LogP contribution is -2.40. The SMILES string of the molecule is CCNC(CCN1CCCCCC1)C(=O)OC. The number of esters is 1. The van der Waals surface area contributed by atoms with Crippen molar-refractivity contribution in [3.8, 4) is 0 Å². The third kappa shape index (κ3) is 5.50. The number of nitrogens with one attached hydrogen (secondary N) is 1. The summed E-state index contributed by atoms with van der Waals surface area (Å²) in [5.74, 6) is -0.137. The van der Waals surface area contributed by atoms with Crippen molar-refractivity contribution in [1.82, 2.24) is 10.2 Å². The van der Waals surface area contributed by atoms with Gasteiger partial charge in [-0.2, -0.15) is 0 Å². The maximum Gasteiger partial charge on any atom is 0.322 e. The van der Waals surface area contributed by atoms with Crippen LogP contribution in [0, 0.1) is 0 Å². The van der Waals surface area contributed by atoms with E-state index in [1.54, 1.807) is 0 Å². The molecule has 1 atom stereocenters.